The number of hydrogen-bond donors (Lipinski definition) is 1. The van der Waals surface area contributed by atoms with Crippen molar-refractivity contribution in [2.45, 2.75) is 6.54 Å². The minimum atomic E-state index is -0.272. The molecule has 1 rings (SSSR count). The summed E-state index contributed by atoms with van der Waals surface area (Å²) in [6, 6.07) is 4.94. The van der Waals surface area contributed by atoms with Crippen LogP contribution in [0.15, 0.2) is 22.7 Å². The molecule has 1 aromatic rings. The number of hydroxylamine groups is 1. The van der Waals surface area contributed by atoms with E-state index in [4.69, 9.17) is 9.57 Å². The number of nitrogens with one attached hydrogen (secondary N) is 1. The van der Waals surface area contributed by atoms with Crippen molar-refractivity contribution in [3.8, 4) is 0 Å². The van der Waals surface area contributed by atoms with Crippen molar-refractivity contribution in [1.82, 2.24) is 5.48 Å². The summed E-state index contributed by atoms with van der Waals surface area (Å²) >= 11 is 3.09. The van der Waals surface area contributed by atoms with Crippen LogP contribution in [0.4, 0.5) is 4.39 Å². The van der Waals surface area contributed by atoms with Gasteiger partial charge in [-0.2, -0.15) is 5.48 Å². The summed E-state index contributed by atoms with van der Waals surface area (Å²) in [4.78, 5) is 5.04. The standard InChI is InChI=1S/C10H13BrFNO2/c1-14-4-5-15-13-7-8-2-3-9(11)10(12)6-8/h2-3,6,13H,4-5,7H2,1H3. The van der Waals surface area contributed by atoms with Gasteiger partial charge in [0.2, 0.25) is 0 Å². The number of hydrogen-bond acceptors (Lipinski definition) is 3. The first-order valence-electron chi connectivity index (χ1n) is 4.51. The quantitative estimate of drug-likeness (QED) is 0.639. The second kappa shape index (κ2) is 6.90. The van der Waals surface area contributed by atoms with Gasteiger partial charge in [-0.15, -0.1) is 0 Å². The van der Waals surface area contributed by atoms with Gasteiger partial charge >= 0.3 is 0 Å². The molecule has 0 amide bonds. The van der Waals surface area contributed by atoms with Gasteiger partial charge in [0.15, 0.2) is 0 Å². The van der Waals surface area contributed by atoms with Gasteiger partial charge in [-0.05, 0) is 33.6 Å². The van der Waals surface area contributed by atoms with Crippen molar-refractivity contribution in [3.05, 3.63) is 34.1 Å². The molecule has 3 nitrogen and oxygen atoms in total. The second-order valence-corrected chi connectivity index (χ2v) is 3.77. The van der Waals surface area contributed by atoms with Crippen molar-refractivity contribution < 1.29 is 14.0 Å². The highest BCUT2D eigenvalue weighted by Gasteiger charge is 2.00. The van der Waals surface area contributed by atoms with Gasteiger partial charge < -0.3 is 4.74 Å². The molecule has 0 heterocycles. The minimum Gasteiger partial charge on any atom is -0.382 e. The molecule has 15 heavy (non-hydrogen) atoms. The Kier molecular flexibility index (Phi) is 5.78. The SMILES string of the molecule is COCCONCc1ccc(Br)c(F)c1. The Bertz CT molecular complexity index is 309. The van der Waals surface area contributed by atoms with Crippen LogP contribution in [0.1, 0.15) is 5.56 Å². The smallest absolute Gasteiger partial charge is 0.137 e. The summed E-state index contributed by atoms with van der Waals surface area (Å²) < 4.78 is 18.3. The maximum Gasteiger partial charge on any atom is 0.137 e. The lowest BCUT2D eigenvalue weighted by molar-refractivity contribution is 0.00343. The maximum absolute atomic E-state index is 13.1. The topological polar surface area (TPSA) is 30.5 Å². The van der Waals surface area contributed by atoms with Gasteiger partial charge in [-0.25, -0.2) is 4.39 Å². The van der Waals surface area contributed by atoms with Crippen molar-refractivity contribution in [2.24, 2.45) is 0 Å². The third-order valence-electron chi connectivity index (χ3n) is 1.75. The highest BCUT2D eigenvalue weighted by Crippen LogP contribution is 2.16. The number of rotatable bonds is 6. The highest BCUT2D eigenvalue weighted by atomic mass is 79.9. The average Bonchev–Trinajstić information content (AvgIpc) is 2.23. The molecular formula is C10H13BrFNO2. The van der Waals surface area contributed by atoms with E-state index in [0.717, 1.165) is 5.56 Å². The van der Waals surface area contributed by atoms with Crippen LogP contribution in [-0.4, -0.2) is 20.3 Å². The largest absolute Gasteiger partial charge is 0.382 e. The van der Waals surface area contributed by atoms with E-state index >= 15 is 0 Å². The van der Waals surface area contributed by atoms with E-state index in [1.54, 1.807) is 13.2 Å². The maximum atomic E-state index is 13.1. The third-order valence-corrected chi connectivity index (χ3v) is 2.40. The van der Waals surface area contributed by atoms with Gasteiger partial charge in [0.25, 0.3) is 0 Å². The normalized spacial score (nSPS) is 10.6. The molecule has 0 spiro atoms. The van der Waals surface area contributed by atoms with Gasteiger partial charge in [-0.1, -0.05) is 6.07 Å². The Morgan fingerprint density at radius 1 is 1.40 bits per heavy atom. The van der Waals surface area contributed by atoms with E-state index in [2.05, 4.69) is 21.4 Å². The van der Waals surface area contributed by atoms with E-state index < -0.39 is 0 Å². The van der Waals surface area contributed by atoms with Crippen LogP contribution in [0, 0.1) is 5.82 Å². The van der Waals surface area contributed by atoms with E-state index in [1.165, 1.54) is 6.07 Å². The number of methoxy groups -OCH3 is 1. The summed E-state index contributed by atoms with van der Waals surface area (Å²) in [5, 5.41) is 0. The van der Waals surface area contributed by atoms with E-state index in [0.29, 0.717) is 24.2 Å². The predicted molar refractivity (Wildman–Crippen MR) is 58.8 cm³/mol. The van der Waals surface area contributed by atoms with E-state index in [9.17, 15) is 4.39 Å². The van der Waals surface area contributed by atoms with E-state index in [1.807, 2.05) is 6.07 Å². The third kappa shape index (κ3) is 4.70. The van der Waals surface area contributed by atoms with Crippen LogP contribution in [0.25, 0.3) is 0 Å². The Morgan fingerprint density at radius 2 is 2.20 bits per heavy atom. The Hall–Kier alpha value is -0.490. The summed E-state index contributed by atoms with van der Waals surface area (Å²) in [5.41, 5.74) is 3.55. The van der Waals surface area contributed by atoms with Crippen molar-refractivity contribution in [1.29, 1.82) is 0 Å². The molecule has 0 bridgehead atoms. The summed E-state index contributed by atoms with van der Waals surface area (Å²) in [6.45, 7) is 1.46. The first-order valence-corrected chi connectivity index (χ1v) is 5.31. The molecule has 1 N–H and O–H groups in total. The molecule has 0 radical (unpaired) electrons. The first-order chi connectivity index (χ1) is 7.24. The zero-order valence-electron chi connectivity index (χ0n) is 8.43. The zero-order valence-corrected chi connectivity index (χ0v) is 10.0. The number of benzene rings is 1. The van der Waals surface area contributed by atoms with Gasteiger partial charge in [0.1, 0.15) is 5.82 Å². The van der Waals surface area contributed by atoms with Crippen LogP contribution < -0.4 is 5.48 Å². The molecule has 84 valence electrons. The van der Waals surface area contributed by atoms with E-state index in [-0.39, 0.29) is 5.82 Å². The van der Waals surface area contributed by atoms with Crippen molar-refractivity contribution in [3.63, 3.8) is 0 Å². The molecular weight excluding hydrogens is 265 g/mol. The molecule has 5 heteroatoms. The molecule has 1 aromatic carbocycles. The van der Waals surface area contributed by atoms with Crippen LogP contribution in [-0.2, 0) is 16.1 Å². The molecule has 0 aromatic heterocycles. The van der Waals surface area contributed by atoms with Gasteiger partial charge in [0, 0.05) is 13.7 Å². The summed E-state index contributed by atoms with van der Waals surface area (Å²) in [6.07, 6.45) is 0. The Morgan fingerprint density at radius 3 is 2.87 bits per heavy atom. The summed E-state index contributed by atoms with van der Waals surface area (Å²) in [5.74, 6) is -0.272. The fourth-order valence-electron chi connectivity index (χ4n) is 0.981. The fourth-order valence-corrected chi connectivity index (χ4v) is 1.23. The highest BCUT2D eigenvalue weighted by molar-refractivity contribution is 9.10. The van der Waals surface area contributed by atoms with Crippen LogP contribution in [0.3, 0.4) is 0 Å². The first kappa shape index (κ1) is 12.6. The lowest BCUT2D eigenvalue weighted by Crippen LogP contribution is -2.17. The molecule has 0 atom stereocenters. The van der Waals surface area contributed by atoms with Crippen molar-refractivity contribution in [2.75, 3.05) is 20.3 Å². The lowest BCUT2D eigenvalue weighted by Gasteiger charge is -2.05. The van der Waals surface area contributed by atoms with Crippen LogP contribution >= 0.6 is 15.9 Å². The molecule has 0 aliphatic carbocycles. The summed E-state index contributed by atoms with van der Waals surface area (Å²) in [7, 11) is 1.60. The molecule has 0 saturated heterocycles. The Balaban J connectivity index is 2.28. The number of halogens is 2. The predicted octanol–water partition coefficient (Wildman–Crippen LogP) is 2.26. The van der Waals surface area contributed by atoms with Gasteiger partial charge in [0.05, 0.1) is 17.7 Å². The minimum absolute atomic E-state index is 0.272. The van der Waals surface area contributed by atoms with Crippen LogP contribution in [0.5, 0.6) is 0 Å². The van der Waals surface area contributed by atoms with Crippen LogP contribution in [0.2, 0.25) is 0 Å². The molecule has 0 saturated carbocycles. The lowest BCUT2D eigenvalue weighted by atomic mass is 10.2. The number of ether oxygens (including phenoxy) is 1. The average molecular weight is 278 g/mol. The monoisotopic (exact) mass is 277 g/mol. The molecule has 0 unspecified atom stereocenters. The molecule has 0 aliphatic rings. The molecule has 0 fully saturated rings. The second-order valence-electron chi connectivity index (χ2n) is 2.91. The van der Waals surface area contributed by atoms with Gasteiger partial charge in [-0.3, -0.25) is 4.84 Å². The fraction of sp³-hybridized carbons (Fsp3) is 0.400. The zero-order chi connectivity index (χ0) is 11.1. The van der Waals surface area contributed by atoms with Crippen molar-refractivity contribution >= 4 is 15.9 Å². The Labute approximate surface area is 96.7 Å². The molecule has 0 aliphatic heterocycles.